The van der Waals surface area contributed by atoms with E-state index < -0.39 is 11.7 Å². The van der Waals surface area contributed by atoms with Gasteiger partial charge in [0.25, 0.3) is 5.91 Å². The number of carbonyl (C=O) groups excluding carboxylic acids is 1. The molecule has 2 aromatic rings. The third kappa shape index (κ3) is 3.77. The van der Waals surface area contributed by atoms with Crippen molar-refractivity contribution in [2.24, 2.45) is 5.73 Å². The number of hydrogen-bond donors (Lipinski definition) is 2. The Bertz CT molecular complexity index is 713. The summed E-state index contributed by atoms with van der Waals surface area (Å²) in [6.07, 6.45) is 0. The zero-order valence-corrected chi connectivity index (χ0v) is 12.7. The molecule has 0 aromatic heterocycles. The van der Waals surface area contributed by atoms with E-state index in [1.54, 1.807) is 31.2 Å². The molecule has 108 valence electrons. The number of rotatable bonds is 3. The zero-order chi connectivity index (χ0) is 15.6. The third-order valence-corrected chi connectivity index (χ3v) is 3.35. The van der Waals surface area contributed by atoms with Gasteiger partial charge in [-0.15, -0.1) is 0 Å². The van der Waals surface area contributed by atoms with Crippen LogP contribution in [0.1, 0.15) is 21.5 Å². The van der Waals surface area contributed by atoms with Crippen LogP contribution in [0.2, 0.25) is 5.02 Å². The van der Waals surface area contributed by atoms with Crippen LogP contribution in [0.4, 0.5) is 10.1 Å². The van der Waals surface area contributed by atoms with E-state index in [2.05, 4.69) is 5.32 Å². The normalized spacial score (nSPS) is 10.2. The van der Waals surface area contributed by atoms with E-state index in [9.17, 15) is 9.18 Å². The molecule has 0 bridgehead atoms. The van der Waals surface area contributed by atoms with Crippen molar-refractivity contribution in [3.8, 4) is 0 Å². The Kier molecular flexibility index (Phi) is 4.55. The molecule has 0 fully saturated rings. The second-order valence-electron chi connectivity index (χ2n) is 4.53. The largest absolute Gasteiger partial charge is 0.389 e. The molecule has 0 aliphatic carbocycles. The summed E-state index contributed by atoms with van der Waals surface area (Å²) in [5.41, 5.74) is 7.40. The van der Waals surface area contributed by atoms with Crippen molar-refractivity contribution in [2.45, 2.75) is 6.92 Å². The second kappa shape index (κ2) is 6.20. The molecule has 0 aliphatic rings. The molecule has 6 heteroatoms. The summed E-state index contributed by atoms with van der Waals surface area (Å²) in [5, 5.41) is 2.93. The fourth-order valence-corrected chi connectivity index (χ4v) is 2.19. The molecular formula is C15H12ClFN2OS. The number of carbonyl (C=O) groups is 1. The predicted octanol–water partition coefficient (Wildman–Crippen LogP) is 3.67. The van der Waals surface area contributed by atoms with Crippen LogP contribution in [0.3, 0.4) is 0 Å². The lowest BCUT2D eigenvalue weighted by molar-refractivity contribution is 0.102. The summed E-state index contributed by atoms with van der Waals surface area (Å²) in [4.78, 5) is 12.3. The van der Waals surface area contributed by atoms with Crippen molar-refractivity contribution >= 4 is 40.4 Å². The van der Waals surface area contributed by atoms with Crippen LogP contribution < -0.4 is 11.1 Å². The summed E-state index contributed by atoms with van der Waals surface area (Å²) in [6, 6.07) is 8.92. The number of thiocarbonyl (C=S) groups is 1. The van der Waals surface area contributed by atoms with Crippen molar-refractivity contribution in [3.05, 3.63) is 63.9 Å². The first-order valence-corrected chi connectivity index (χ1v) is 6.83. The monoisotopic (exact) mass is 322 g/mol. The van der Waals surface area contributed by atoms with Crippen molar-refractivity contribution in [2.75, 3.05) is 5.32 Å². The van der Waals surface area contributed by atoms with Gasteiger partial charge in [-0.3, -0.25) is 4.79 Å². The highest BCUT2D eigenvalue weighted by molar-refractivity contribution is 7.80. The average molecular weight is 323 g/mol. The molecule has 3 N–H and O–H groups in total. The molecule has 0 aliphatic heterocycles. The van der Waals surface area contributed by atoms with Crippen LogP contribution in [0.5, 0.6) is 0 Å². The Balaban J connectivity index is 2.25. The fraction of sp³-hybridized carbons (Fsp3) is 0.0667. The first kappa shape index (κ1) is 15.4. The molecule has 2 aromatic carbocycles. The standard InChI is InChI=1S/C15H12ClFN2OS/c1-8-4-10(6-11(17)5-8)15(20)19-13-3-2-9(14(18)21)7-12(13)16/h2-7H,1H3,(H2,18,21)(H,19,20). The molecule has 0 heterocycles. The molecule has 3 nitrogen and oxygen atoms in total. The highest BCUT2D eigenvalue weighted by atomic mass is 35.5. The number of amides is 1. The number of halogens is 2. The van der Waals surface area contributed by atoms with E-state index in [-0.39, 0.29) is 10.6 Å². The smallest absolute Gasteiger partial charge is 0.255 e. The summed E-state index contributed by atoms with van der Waals surface area (Å²) in [6.45, 7) is 1.71. The van der Waals surface area contributed by atoms with Gasteiger partial charge in [0.15, 0.2) is 0 Å². The first-order chi connectivity index (χ1) is 9.86. The summed E-state index contributed by atoms with van der Waals surface area (Å²) >= 11 is 10.9. The van der Waals surface area contributed by atoms with E-state index in [0.717, 1.165) is 0 Å². The molecule has 0 spiro atoms. The lowest BCUT2D eigenvalue weighted by Gasteiger charge is -2.09. The summed E-state index contributed by atoms with van der Waals surface area (Å²) < 4.78 is 13.3. The number of benzene rings is 2. The quantitative estimate of drug-likeness (QED) is 0.848. The van der Waals surface area contributed by atoms with E-state index in [1.807, 2.05) is 0 Å². The van der Waals surface area contributed by atoms with E-state index in [4.69, 9.17) is 29.6 Å². The number of hydrogen-bond acceptors (Lipinski definition) is 2. The Labute approximate surface area is 131 Å². The van der Waals surface area contributed by atoms with Gasteiger partial charge in [-0.1, -0.05) is 23.8 Å². The Hall–Kier alpha value is -1.98. The first-order valence-electron chi connectivity index (χ1n) is 6.04. The Morgan fingerprint density at radius 3 is 2.52 bits per heavy atom. The average Bonchev–Trinajstić information content (AvgIpc) is 2.39. The highest BCUT2D eigenvalue weighted by Gasteiger charge is 2.11. The predicted molar refractivity (Wildman–Crippen MR) is 86.4 cm³/mol. The molecule has 21 heavy (non-hydrogen) atoms. The summed E-state index contributed by atoms with van der Waals surface area (Å²) in [5.74, 6) is -0.905. The van der Waals surface area contributed by atoms with Gasteiger partial charge in [-0.2, -0.15) is 0 Å². The highest BCUT2D eigenvalue weighted by Crippen LogP contribution is 2.24. The van der Waals surface area contributed by atoms with Gasteiger partial charge in [0.1, 0.15) is 10.8 Å². The molecule has 0 saturated heterocycles. The molecule has 1 amide bonds. The van der Waals surface area contributed by atoms with E-state index in [0.29, 0.717) is 21.8 Å². The molecule has 2 rings (SSSR count). The second-order valence-corrected chi connectivity index (χ2v) is 5.38. The maximum absolute atomic E-state index is 13.3. The molecule has 0 saturated carbocycles. The van der Waals surface area contributed by atoms with Crippen LogP contribution in [0.25, 0.3) is 0 Å². The number of anilines is 1. The van der Waals surface area contributed by atoms with Gasteiger partial charge in [0.2, 0.25) is 0 Å². The summed E-state index contributed by atoms with van der Waals surface area (Å²) in [7, 11) is 0. The lowest BCUT2D eigenvalue weighted by Crippen LogP contribution is -2.14. The third-order valence-electron chi connectivity index (χ3n) is 2.81. The van der Waals surface area contributed by atoms with Crippen molar-refractivity contribution in [1.29, 1.82) is 0 Å². The Morgan fingerprint density at radius 1 is 1.24 bits per heavy atom. The van der Waals surface area contributed by atoms with Gasteiger partial charge in [0, 0.05) is 11.1 Å². The van der Waals surface area contributed by atoms with E-state index >= 15 is 0 Å². The molecule has 0 atom stereocenters. The minimum Gasteiger partial charge on any atom is -0.389 e. The molecule has 0 unspecified atom stereocenters. The number of aryl methyl sites for hydroxylation is 1. The maximum atomic E-state index is 13.3. The zero-order valence-electron chi connectivity index (χ0n) is 11.1. The lowest BCUT2D eigenvalue weighted by atomic mass is 10.1. The van der Waals surface area contributed by atoms with Crippen LogP contribution in [0.15, 0.2) is 36.4 Å². The topological polar surface area (TPSA) is 55.1 Å². The van der Waals surface area contributed by atoms with Gasteiger partial charge < -0.3 is 11.1 Å². The van der Waals surface area contributed by atoms with Gasteiger partial charge in [0.05, 0.1) is 10.7 Å². The van der Waals surface area contributed by atoms with Crippen LogP contribution >= 0.6 is 23.8 Å². The number of nitrogens with one attached hydrogen (secondary N) is 1. The van der Waals surface area contributed by atoms with E-state index in [1.165, 1.54) is 12.1 Å². The maximum Gasteiger partial charge on any atom is 0.255 e. The van der Waals surface area contributed by atoms with Gasteiger partial charge in [-0.25, -0.2) is 4.39 Å². The fourth-order valence-electron chi connectivity index (χ4n) is 1.83. The van der Waals surface area contributed by atoms with Crippen molar-refractivity contribution in [1.82, 2.24) is 0 Å². The SMILES string of the molecule is Cc1cc(F)cc(C(=O)Nc2ccc(C(N)=S)cc2Cl)c1. The van der Waals surface area contributed by atoms with Crippen molar-refractivity contribution in [3.63, 3.8) is 0 Å². The molecule has 0 radical (unpaired) electrons. The van der Waals surface area contributed by atoms with Crippen LogP contribution in [-0.2, 0) is 0 Å². The Morgan fingerprint density at radius 2 is 1.95 bits per heavy atom. The minimum absolute atomic E-state index is 0.218. The van der Waals surface area contributed by atoms with Gasteiger partial charge in [-0.05, 0) is 48.9 Å². The van der Waals surface area contributed by atoms with Crippen LogP contribution in [-0.4, -0.2) is 10.9 Å². The van der Waals surface area contributed by atoms with Crippen molar-refractivity contribution < 1.29 is 9.18 Å². The van der Waals surface area contributed by atoms with Gasteiger partial charge >= 0.3 is 0 Å². The minimum atomic E-state index is -0.463. The number of nitrogens with two attached hydrogens (primary N) is 1. The van der Waals surface area contributed by atoms with Crippen LogP contribution in [0, 0.1) is 12.7 Å². The molecular weight excluding hydrogens is 311 g/mol.